The third-order valence-corrected chi connectivity index (χ3v) is 6.25. The van der Waals surface area contributed by atoms with Gasteiger partial charge in [-0.2, -0.15) is 13.2 Å². The number of carbonyl (C=O) groups is 1. The predicted molar refractivity (Wildman–Crippen MR) is 139 cm³/mol. The van der Waals surface area contributed by atoms with Crippen LogP contribution >= 0.6 is 0 Å². The van der Waals surface area contributed by atoms with Crippen LogP contribution < -0.4 is 15.6 Å². The highest BCUT2D eigenvalue weighted by Crippen LogP contribution is 2.32. The average molecular weight is 558 g/mol. The fourth-order valence-corrected chi connectivity index (χ4v) is 4.35. The molecule has 1 fully saturated rings. The van der Waals surface area contributed by atoms with Gasteiger partial charge in [0.05, 0.1) is 54.8 Å². The van der Waals surface area contributed by atoms with Crippen molar-refractivity contribution in [2.45, 2.75) is 32.2 Å². The molecule has 1 N–H and O–H groups in total. The minimum atomic E-state index is -4.67. The molecule has 0 spiro atoms. The van der Waals surface area contributed by atoms with Crippen molar-refractivity contribution in [1.29, 1.82) is 0 Å². The number of rotatable bonds is 8. The molecule has 40 heavy (non-hydrogen) atoms. The Morgan fingerprint density at radius 1 is 1.18 bits per heavy atom. The third kappa shape index (κ3) is 6.15. The van der Waals surface area contributed by atoms with Crippen LogP contribution in [0.1, 0.15) is 18.2 Å². The number of aromatic nitrogens is 4. The monoisotopic (exact) mass is 557 g/mol. The smallest absolute Gasteiger partial charge is 0.417 e. The number of anilines is 2. The minimum absolute atomic E-state index is 0.0233. The maximum Gasteiger partial charge on any atom is 0.417 e. The topological polar surface area (TPSA) is 110 Å². The molecule has 1 aromatic carbocycles. The highest BCUT2D eigenvalue weighted by molar-refractivity contribution is 5.81. The van der Waals surface area contributed by atoms with E-state index in [9.17, 15) is 22.8 Å². The van der Waals surface area contributed by atoms with Crippen LogP contribution in [0.25, 0.3) is 11.0 Å². The molecule has 1 aliphatic heterocycles. The predicted octanol–water partition coefficient (Wildman–Crippen LogP) is 4.23. The van der Waals surface area contributed by atoms with Gasteiger partial charge in [0.15, 0.2) is 0 Å². The Kier molecular flexibility index (Phi) is 7.59. The van der Waals surface area contributed by atoms with Crippen molar-refractivity contribution >= 4 is 28.5 Å². The molecule has 13 heteroatoms. The summed E-state index contributed by atoms with van der Waals surface area (Å²) in [5.41, 5.74) is -0.203. The third-order valence-electron chi connectivity index (χ3n) is 6.25. The number of imidazole rings is 1. The first-order valence-electron chi connectivity index (χ1n) is 12.4. The molecule has 0 saturated carbocycles. The number of aryl methyl sites for hydroxylation is 1. The van der Waals surface area contributed by atoms with E-state index in [2.05, 4.69) is 15.3 Å². The van der Waals surface area contributed by atoms with E-state index in [1.807, 2.05) is 0 Å². The normalized spacial score (nSPS) is 15.8. The van der Waals surface area contributed by atoms with Gasteiger partial charge in [-0.1, -0.05) is 0 Å². The molecule has 0 radical (unpaired) electrons. The first-order chi connectivity index (χ1) is 19.1. The molecular weight excluding hydrogens is 531 g/mol. The maximum absolute atomic E-state index is 13.7. The number of fused-ring (bicyclic) bond motifs is 1. The number of pyridine rings is 2. The Labute approximate surface area is 226 Å². The molecule has 4 aromatic rings. The summed E-state index contributed by atoms with van der Waals surface area (Å²) in [5.74, 6) is 1.10. The van der Waals surface area contributed by atoms with Crippen molar-refractivity contribution in [2.24, 2.45) is 7.05 Å². The van der Waals surface area contributed by atoms with Gasteiger partial charge in [0, 0.05) is 38.0 Å². The standard InChI is InChI=1S/C27H26F3N5O5/c1-16(36)9-18-11-20(5-6-31-18)40-19-3-4-22-24(12-19)34(2)26(32-22)33-23-10-17(27(28,29)30)13-35(25(23)37)14-21-15-38-7-8-39-21/h3-6,10-13,21H,7-9,14-15H2,1-2H3,(H,32,33)/t21-/m1/s1. The van der Waals surface area contributed by atoms with Crippen LogP contribution in [-0.2, 0) is 40.5 Å². The summed E-state index contributed by atoms with van der Waals surface area (Å²) in [6, 6.07) is 9.20. The van der Waals surface area contributed by atoms with Gasteiger partial charge >= 0.3 is 6.18 Å². The SMILES string of the molecule is CC(=O)Cc1cc(Oc2ccc3nc(Nc4cc(C(F)(F)F)cn(C[C@@H]5COCCO5)c4=O)n(C)c3c2)ccn1. The van der Waals surface area contributed by atoms with Gasteiger partial charge in [-0.15, -0.1) is 0 Å². The van der Waals surface area contributed by atoms with Crippen molar-refractivity contribution < 1.29 is 32.2 Å². The number of carbonyl (C=O) groups excluding carboxylic acids is 1. The molecule has 3 aromatic heterocycles. The van der Waals surface area contributed by atoms with Crippen LogP contribution in [0.15, 0.2) is 53.6 Å². The molecule has 1 aliphatic rings. The molecule has 0 aliphatic carbocycles. The van der Waals surface area contributed by atoms with Gasteiger partial charge < -0.3 is 28.7 Å². The van der Waals surface area contributed by atoms with Gasteiger partial charge in [0.2, 0.25) is 5.95 Å². The number of hydrogen-bond donors (Lipinski definition) is 1. The summed E-state index contributed by atoms with van der Waals surface area (Å²) in [5, 5.41) is 2.78. The first-order valence-corrected chi connectivity index (χ1v) is 12.4. The van der Waals surface area contributed by atoms with Gasteiger partial charge in [-0.25, -0.2) is 4.98 Å². The Morgan fingerprint density at radius 3 is 2.70 bits per heavy atom. The van der Waals surface area contributed by atoms with E-state index in [1.165, 1.54) is 6.92 Å². The zero-order valence-corrected chi connectivity index (χ0v) is 21.7. The van der Waals surface area contributed by atoms with Crippen molar-refractivity contribution in [3.63, 3.8) is 0 Å². The van der Waals surface area contributed by atoms with E-state index < -0.39 is 23.4 Å². The maximum atomic E-state index is 13.7. The second-order valence-electron chi connectivity index (χ2n) is 9.40. The van der Waals surface area contributed by atoms with Crippen LogP contribution in [0, 0.1) is 0 Å². The van der Waals surface area contributed by atoms with Crippen molar-refractivity contribution in [1.82, 2.24) is 19.1 Å². The number of nitrogens with one attached hydrogen (secondary N) is 1. The number of alkyl halides is 3. The molecular formula is C27H26F3N5O5. The largest absolute Gasteiger partial charge is 0.457 e. The number of Topliss-reactive ketones (excluding diaryl/α,β-unsaturated/α-hetero) is 1. The van der Waals surface area contributed by atoms with Crippen LogP contribution in [0.5, 0.6) is 11.5 Å². The summed E-state index contributed by atoms with van der Waals surface area (Å²) in [6.45, 7) is 2.26. The van der Waals surface area contributed by atoms with Gasteiger partial charge in [0.25, 0.3) is 5.56 Å². The lowest BCUT2D eigenvalue weighted by Crippen LogP contribution is -2.36. The van der Waals surface area contributed by atoms with Crippen LogP contribution in [-0.4, -0.2) is 50.8 Å². The zero-order chi connectivity index (χ0) is 28.4. The lowest BCUT2D eigenvalue weighted by Gasteiger charge is -2.24. The second-order valence-corrected chi connectivity index (χ2v) is 9.40. The Balaban J connectivity index is 1.43. The summed E-state index contributed by atoms with van der Waals surface area (Å²) in [4.78, 5) is 33.2. The van der Waals surface area contributed by atoms with E-state index in [0.717, 1.165) is 16.8 Å². The minimum Gasteiger partial charge on any atom is -0.457 e. The lowest BCUT2D eigenvalue weighted by atomic mass is 10.2. The first kappa shape index (κ1) is 27.3. The van der Waals surface area contributed by atoms with E-state index >= 15 is 0 Å². The average Bonchev–Trinajstić information content (AvgIpc) is 3.20. The summed E-state index contributed by atoms with van der Waals surface area (Å²) >= 11 is 0. The molecule has 1 saturated heterocycles. The summed E-state index contributed by atoms with van der Waals surface area (Å²) in [6.07, 6.45) is -2.70. The lowest BCUT2D eigenvalue weighted by molar-refractivity contribution is -0.138. The van der Waals surface area contributed by atoms with Gasteiger partial charge in [-0.3, -0.25) is 14.6 Å². The number of hydrogen-bond acceptors (Lipinski definition) is 8. The molecule has 0 amide bonds. The highest BCUT2D eigenvalue weighted by Gasteiger charge is 2.33. The number of ether oxygens (including phenoxy) is 3. The van der Waals surface area contributed by atoms with E-state index in [-0.39, 0.29) is 37.0 Å². The summed E-state index contributed by atoms with van der Waals surface area (Å²) in [7, 11) is 1.66. The molecule has 0 unspecified atom stereocenters. The molecule has 10 nitrogen and oxygen atoms in total. The fourth-order valence-electron chi connectivity index (χ4n) is 4.35. The van der Waals surface area contributed by atoms with Crippen molar-refractivity contribution in [3.05, 3.63) is 70.4 Å². The number of ketones is 1. The van der Waals surface area contributed by atoms with E-state index in [1.54, 1.807) is 48.1 Å². The molecule has 210 valence electrons. The van der Waals surface area contributed by atoms with E-state index in [4.69, 9.17) is 14.2 Å². The quantitative estimate of drug-likeness (QED) is 0.343. The number of nitrogens with zero attached hydrogens (tertiary/aromatic N) is 4. The number of benzene rings is 1. The Hall–Kier alpha value is -4.23. The van der Waals surface area contributed by atoms with Crippen molar-refractivity contribution in [2.75, 3.05) is 25.1 Å². The molecule has 0 bridgehead atoms. The second kappa shape index (κ2) is 11.1. The van der Waals surface area contributed by atoms with Crippen molar-refractivity contribution in [3.8, 4) is 11.5 Å². The highest BCUT2D eigenvalue weighted by atomic mass is 19.4. The van der Waals surface area contributed by atoms with Crippen LogP contribution in [0.4, 0.5) is 24.8 Å². The Bertz CT molecular complexity index is 1610. The zero-order valence-electron chi connectivity index (χ0n) is 21.7. The van der Waals surface area contributed by atoms with E-state index in [0.29, 0.717) is 41.4 Å². The number of halogens is 3. The molecule has 4 heterocycles. The van der Waals surface area contributed by atoms with Gasteiger partial charge in [0.1, 0.15) is 23.0 Å². The summed E-state index contributed by atoms with van der Waals surface area (Å²) < 4.78 is 60.5. The molecule has 5 rings (SSSR count). The van der Waals surface area contributed by atoms with Crippen LogP contribution in [0.3, 0.4) is 0 Å². The van der Waals surface area contributed by atoms with Crippen LogP contribution in [0.2, 0.25) is 0 Å². The fraction of sp³-hybridized carbons (Fsp3) is 0.333. The van der Waals surface area contributed by atoms with Gasteiger partial charge in [-0.05, 0) is 31.2 Å². The molecule has 1 atom stereocenters. The Morgan fingerprint density at radius 2 is 1.98 bits per heavy atom.